The van der Waals surface area contributed by atoms with Crippen LogP contribution in [-0.2, 0) is 14.3 Å². The summed E-state index contributed by atoms with van der Waals surface area (Å²) >= 11 is 0. The minimum absolute atomic E-state index is 0.273. The van der Waals surface area contributed by atoms with E-state index in [0.29, 0.717) is 17.8 Å². The van der Waals surface area contributed by atoms with Crippen LogP contribution < -0.4 is 0 Å². The van der Waals surface area contributed by atoms with Crippen LogP contribution in [0.1, 0.15) is 52.9 Å². The van der Waals surface area contributed by atoms with E-state index in [1.165, 1.54) is 0 Å². The second-order valence-electron chi connectivity index (χ2n) is 6.36. The zero-order valence-electron chi connectivity index (χ0n) is 10.3. The largest absolute Gasteiger partial charge is 0.393 e. The first-order chi connectivity index (χ1) is 7.33. The number of esters is 2. The van der Waals surface area contributed by atoms with Gasteiger partial charge < -0.3 is 4.74 Å². The Morgan fingerprint density at radius 1 is 1.19 bits per heavy atom. The molecule has 0 unspecified atom stereocenters. The standard InChI is InChI=1S/C13H20O3/c1-12(2,3)9-4-6-13(7-5-9)8-10(14)16-11(13)15/h9H,4-8H2,1-3H3. The molecule has 0 aromatic carbocycles. The van der Waals surface area contributed by atoms with Crippen molar-refractivity contribution in [3.8, 4) is 0 Å². The predicted molar refractivity (Wildman–Crippen MR) is 59.6 cm³/mol. The molecular weight excluding hydrogens is 204 g/mol. The summed E-state index contributed by atoms with van der Waals surface area (Å²) in [6, 6.07) is 0. The maximum Gasteiger partial charge on any atom is 0.320 e. The highest BCUT2D eigenvalue weighted by atomic mass is 16.6. The van der Waals surface area contributed by atoms with Gasteiger partial charge in [-0.15, -0.1) is 0 Å². The van der Waals surface area contributed by atoms with Crippen LogP contribution in [0.2, 0.25) is 0 Å². The van der Waals surface area contributed by atoms with Gasteiger partial charge in [0.05, 0.1) is 11.8 Å². The van der Waals surface area contributed by atoms with Crippen LogP contribution in [0.5, 0.6) is 0 Å². The van der Waals surface area contributed by atoms with E-state index in [2.05, 4.69) is 20.8 Å². The molecule has 1 aliphatic carbocycles. The Balaban J connectivity index is 2.05. The van der Waals surface area contributed by atoms with Crippen LogP contribution >= 0.6 is 0 Å². The average Bonchev–Trinajstić information content (AvgIpc) is 2.41. The van der Waals surface area contributed by atoms with Gasteiger partial charge in [0.2, 0.25) is 0 Å². The third kappa shape index (κ3) is 1.87. The third-order valence-electron chi connectivity index (χ3n) is 4.29. The topological polar surface area (TPSA) is 43.4 Å². The van der Waals surface area contributed by atoms with Gasteiger partial charge in [-0.2, -0.15) is 0 Å². The predicted octanol–water partition coefficient (Wildman–Crippen LogP) is 2.68. The molecule has 1 saturated heterocycles. The maximum absolute atomic E-state index is 11.7. The molecule has 2 fully saturated rings. The molecule has 1 heterocycles. The number of carbonyl (C=O) groups is 2. The zero-order valence-corrected chi connectivity index (χ0v) is 10.3. The van der Waals surface area contributed by atoms with Crippen molar-refractivity contribution in [1.82, 2.24) is 0 Å². The lowest BCUT2D eigenvalue weighted by Crippen LogP contribution is -2.35. The van der Waals surface area contributed by atoms with Crippen LogP contribution in [0.15, 0.2) is 0 Å². The Bertz CT molecular complexity index is 317. The fourth-order valence-corrected chi connectivity index (χ4v) is 3.01. The van der Waals surface area contributed by atoms with E-state index in [4.69, 9.17) is 4.74 Å². The number of rotatable bonds is 0. The van der Waals surface area contributed by atoms with Gasteiger partial charge in [-0.1, -0.05) is 20.8 Å². The van der Waals surface area contributed by atoms with E-state index >= 15 is 0 Å². The Morgan fingerprint density at radius 2 is 1.75 bits per heavy atom. The second-order valence-corrected chi connectivity index (χ2v) is 6.36. The SMILES string of the molecule is CC(C)(C)C1CCC2(CC1)CC(=O)OC2=O. The first-order valence-electron chi connectivity index (χ1n) is 6.09. The Labute approximate surface area is 96.5 Å². The monoisotopic (exact) mass is 224 g/mol. The maximum atomic E-state index is 11.7. The molecule has 0 amide bonds. The van der Waals surface area contributed by atoms with Gasteiger partial charge in [-0.3, -0.25) is 9.59 Å². The molecule has 1 aliphatic heterocycles. The lowest BCUT2D eigenvalue weighted by Gasteiger charge is -2.39. The van der Waals surface area contributed by atoms with E-state index in [0.717, 1.165) is 25.7 Å². The highest BCUT2D eigenvalue weighted by molar-refractivity contribution is 5.97. The van der Waals surface area contributed by atoms with Crippen molar-refractivity contribution in [1.29, 1.82) is 0 Å². The van der Waals surface area contributed by atoms with E-state index in [1.54, 1.807) is 0 Å². The van der Waals surface area contributed by atoms with Crippen LogP contribution in [0.3, 0.4) is 0 Å². The molecule has 0 aromatic rings. The minimum Gasteiger partial charge on any atom is -0.393 e. The number of cyclic esters (lactones) is 2. The van der Waals surface area contributed by atoms with Crippen molar-refractivity contribution >= 4 is 11.9 Å². The molecule has 0 bridgehead atoms. The van der Waals surface area contributed by atoms with Gasteiger partial charge in [0.1, 0.15) is 0 Å². The molecule has 1 spiro atoms. The molecule has 16 heavy (non-hydrogen) atoms. The summed E-state index contributed by atoms with van der Waals surface area (Å²) in [5, 5.41) is 0. The molecule has 90 valence electrons. The summed E-state index contributed by atoms with van der Waals surface area (Å²) in [6.07, 6.45) is 4.01. The van der Waals surface area contributed by atoms with Crippen LogP contribution in [0.4, 0.5) is 0 Å². The smallest absolute Gasteiger partial charge is 0.320 e. The molecule has 0 atom stereocenters. The Hall–Kier alpha value is -0.860. The molecule has 0 aromatic heterocycles. The molecule has 2 rings (SSSR count). The first kappa shape index (κ1) is 11.6. The van der Waals surface area contributed by atoms with Gasteiger partial charge >= 0.3 is 11.9 Å². The summed E-state index contributed by atoms with van der Waals surface area (Å²) in [5.41, 5.74) is -0.160. The minimum atomic E-state index is -0.459. The van der Waals surface area contributed by atoms with Gasteiger partial charge in [-0.05, 0) is 37.0 Å². The molecular formula is C13H20O3. The first-order valence-corrected chi connectivity index (χ1v) is 6.09. The van der Waals surface area contributed by atoms with E-state index < -0.39 is 5.41 Å². The zero-order chi connectivity index (χ0) is 12.0. The van der Waals surface area contributed by atoms with Crippen molar-refractivity contribution in [2.75, 3.05) is 0 Å². The summed E-state index contributed by atoms with van der Waals surface area (Å²) < 4.78 is 4.70. The van der Waals surface area contributed by atoms with Crippen LogP contribution in [-0.4, -0.2) is 11.9 Å². The molecule has 1 saturated carbocycles. The fraction of sp³-hybridized carbons (Fsp3) is 0.846. The van der Waals surface area contributed by atoms with Crippen molar-refractivity contribution in [3.05, 3.63) is 0 Å². The summed E-state index contributed by atoms with van der Waals surface area (Å²) in [5.74, 6) is 0.0469. The van der Waals surface area contributed by atoms with Crippen molar-refractivity contribution in [2.24, 2.45) is 16.7 Å². The third-order valence-corrected chi connectivity index (χ3v) is 4.29. The lowest BCUT2D eigenvalue weighted by atomic mass is 9.63. The highest BCUT2D eigenvalue weighted by Crippen LogP contribution is 2.49. The van der Waals surface area contributed by atoms with E-state index in [1.807, 2.05) is 0 Å². The molecule has 2 aliphatic rings. The van der Waals surface area contributed by atoms with Crippen molar-refractivity contribution < 1.29 is 14.3 Å². The lowest BCUT2D eigenvalue weighted by molar-refractivity contribution is -0.156. The normalized spacial score (nSPS) is 35.6. The van der Waals surface area contributed by atoms with E-state index in [-0.39, 0.29) is 11.9 Å². The number of ether oxygens (including phenoxy) is 1. The van der Waals surface area contributed by atoms with Crippen LogP contribution in [0.25, 0.3) is 0 Å². The molecule has 3 nitrogen and oxygen atoms in total. The Kier molecular flexibility index (Phi) is 2.59. The fourth-order valence-electron chi connectivity index (χ4n) is 3.01. The van der Waals surface area contributed by atoms with Gasteiger partial charge in [-0.25, -0.2) is 0 Å². The van der Waals surface area contributed by atoms with Gasteiger partial charge in [0.15, 0.2) is 0 Å². The highest BCUT2D eigenvalue weighted by Gasteiger charge is 2.51. The number of hydrogen-bond donors (Lipinski definition) is 0. The van der Waals surface area contributed by atoms with Crippen molar-refractivity contribution in [2.45, 2.75) is 52.9 Å². The average molecular weight is 224 g/mol. The molecule has 0 N–H and O–H groups in total. The van der Waals surface area contributed by atoms with Crippen LogP contribution in [0, 0.1) is 16.7 Å². The molecule has 0 radical (unpaired) electrons. The van der Waals surface area contributed by atoms with Gasteiger partial charge in [0.25, 0.3) is 0 Å². The van der Waals surface area contributed by atoms with Crippen molar-refractivity contribution in [3.63, 3.8) is 0 Å². The quantitative estimate of drug-likeness (QED) is 0.469. The Morgan fingerprint density at radius 3 is 2.12 bits per heavy atom. The second kappa shape index (κ2) is 3.57. The number of hydrogen-bond acceptors (Lipinski definition) is 3. The molecule has 3 heteroatoms. The number of carbonyl (C=O) groups excluding carboxylic acids is 2. The summed E-state index contributed by atoms with van der Waals surface area (Å²) in [7, 11) is 0. The van der Waals surface area contributed by atoms with E-state index in [9.17, 15) is 9.59 Å². The summed E-state index contributed by atoms with van der Waals surface area (Å²) in [6.45, 7) is 6.73. The summed E-state index contributed by atoms with van der Waals surface area (Å²) in [4.78, 5) is 22.8. The van der Waals surface area contributed by atoms with Gasteiger partial charge in [0, 0.05) is 0 Å².